The molecule has 0 saturated carbocycles. The van der Waals surface area contributed by atoms with Crippen LogP contribution in [0.3, 0.4) is 0 Å². The van der Waals surface area contributed by atoms with Crippen molar-refractivity contribution in [2.45, 2.75) is 64.4 Å². The Hall–Kier alpha value is -1.59. The van der Waals surface area contributed by atoms with Gasteiger partial charge in [0.2, 0.25) is 0 Å². The molecule has 0 unspecified atom stereocenters. The lowest BCUT2D eigenvalue weighted by molar-refractivity contribution is -0.147. The van der Waals surface area contributed by atoms with Gasteiger partial charge in [-0.15, -0.1) is 0 Å². The molecule has 23 heavy (non-hydrogen) atoms. The Balaban J connectivity index is 2.34. The van der Waals surface area contributed by atoms with Crippen molar-refractivity contribution >= 4 is 5.97 Å². The predicted octanol–water partition coefficient (Wildman–Crippen LogP) is 4.17. The van der Waals surface area contributed by atoms with E-state index in [9.17, 15) is 9.90 Å². The zero-order valence-electron chi connectivity index (χ0n) is 14.3. The zero-order chi connectivity index (χ0) is 17.0. The molecule has 0 aromatic heterocycles. The van der Waals surface area contributed by atoms with Crippen LogP contribution in [0.5, 0.6) is 5.75 Å². The van der Waals surface area contributed by atoms with Gasteiger partial charge in [0.25, 0.3) is 0 Å². The summed E-state index contributed by atoms with van der Waals surface area (Å²) in [5.41, 5.74) is 0.849. The van der Waals surface area contributed by atoms with E-state index < -0.39 is 17.9 Å². The van der Waals surface area contributed by atoms with Crippen LogP contribution in [0, 0.1) is 0 Å². The van der Waals surface area contributed by atoms with E-state index in [0.29, 0.717) is 11.3 Å². The van der Waals surface area contributed by atoms with Gasteiger partial charge in [-0.1, -0.05) is 26.2 Å². The minimum atomic E-state index is -0.969. The fourth-order valence-corrected chi connectivity index (χ4v) is 3.00. The lowest BCUT2D eigenvalue weighted by atomic mass is 9.95. The van der Waals surface area contributed by atoms with Gasteiger partial charge in [0, 0.05) is 5.56 Å². The smallest absolute Gasteiger partial charge is 0.336 e. The number of methoxy groups -OCH3 is 1. The molecule has 1 aliphatic heterocycles. The van der Waals surface area contributed by atoms with Crippen LogP contribution < -0.4 is 4.74 Å². The van der Waals surface area contributed by atoms with Crippen molar-refractivity contribution in [1.82, 2.24) is 0 Å². The molecular weight excluding hydrogens is 296 g/mol. The molecular formula is C18H26O5. The normalized spacial score (nSPS) is 23.0. The molecule has 128 valence electrons. The number of benzene rings is 1. The summed E-state index contributed by atoms with van der Waals surface area (Å²) in [7, 11) is 1.56. The molecule has 0 aliphatic carbocycles. The zero-order valence-corrected chi connectivity index (χ0v) is 14.3. The molecule has 5 nitrogen and oxygen atoms in total. The van der Waals surface area contributed by atoms with E-state index in [4.69, 9.17) is 14.2 Å². The second-order valence-corrected chi connectivity index (χ2v) is 6.35. The number of ether oxygens (including phenoxy) is 3. The number of aromatic carboxylic acids is 1. The maximum absolute atomic E-state index is 11.6. The minimum absolute atomic E-state index is 0.151. The van der Waals surface area contributed by atoms with E-state index in [1.54, 1.807) is 25.3 Å². The van der Waals surface area contributed by atoms with Gasteiger partial charge in [-0.25, -0.2) is 4.79 Å². The summed E-state index contributed by atoms with van der Waals surface area (Å²) < 4.78 is 17.3. The van der Waals surface area contributed by atoms with Crippen LogP contribution in [0.1, 0.15) is 68.5 Å². The van der Waals surface area contributed by atoms with Gasteiger partial charge in [0.1, 0.15) is 11.9 Å². The number of hydrogen-bond acceptors (Lipinski definition) is 4. The summed E-state index contributed by atoms with van der Waals surface area (Å²) in [4.78, 5) is 11.6. The number of hydrogen-bond donors (Lipinski definition) is 1. The molecule has 1 fully saturated rings. The van der Waals surface area contributed by atoms with Crippen molar-refractivity contribution in [3.63, 3.8) is 0 Å². The van der Waals surface area contributed by atoms with Crippen molar-refractivity contribution in [3.05, 3.63) is 29.3 Å². The summed E-state index contributed by atoms with van der Waals surface area (Å²) in [6.07, 6.45) is 3.57. The molecule has 2 atom stereocenters. The highest BCUT2D eigenvalue weighted by Gasteiger charge is 2.43. The molecule has 1 heterocycles. The van der Waals surface area contributed by atoms with Gasteiger partial charge in [-0.05, 0) is 38.5 Å². The molecule has 1 N–H and O–H groups in total. The first-order valence-corrected chi connectivity index (χ1v) is 8.15. The average molecular weight is 322 g/mol. The number of carbonyl (C=O) groups is 1. The number of carboxylic acids is 1. The second-order valence-electron chi connectivity index (χ2n) is 6.35. The highest BCUT2D eigenvalue weighted by molar-refractivity contribution is 5.89. The van der Waals surface area contributed by atoms with E-state index >= 15 is 0 Å². The van der Waals surface area contributed by atoms with Crippen molar-refractivity contribution < 1.29 is 24.1 Å². The summed E-state index contributed by atoms with van der Waals surface area (Å²) in [5, 5.41) is 9.48. The molecule has 0 bridgehead atoms. The molecule has 2 rings (SSSR count). The van der Waals surface area contributed by atoms with E-state index in [-0.39, 0.29) is 11.7 Å². The number of rotatable bonds is 7. The highest BCUT2D eigenvalue weighted by Crippen LogP contribution is 2.42. The van der Waals surface area contributed by atoms with Crippen LogP contribution in [0.2, 0.25) is 0 Å². The quantitative estimate of drug-likeness (QED) is 0.763. The standard InChI is InChI=1S/C18H26O5/c1-5-6-7-8-15-16(23-18(2,3)22-15)14-11-12(21-4)9-10-13(14)17(19)20/h9-11,15-16H,5-8H2,1-4H3,(H,19,20)/t15-,16-/m1/s1. The molecule has 1 aromatic rings. The lowest BCUT2D eigenvalue weighted by Gasteiger charge is -2.19. The first-order chi connectivity index (χ1) is 10.9. The summed E-state index contributed by atoms with van der Waals surface area (Å²) in [6, 6.07) is 4.96. The van der Waals surface area contributed by atoms with E-state index in [1.165, 1.54) is 0 Å². The molecule has 0 radical (unpaired) electrons. The van der Waals surface area contributed by atoms with Crippen LogP contribution >= 0.6 is 0 Å². The highest BCUT2D eigenvalue weighted by atomic mass is 16.7. The van der Waals surface area contributed by atoms with E-state index in [0.717, 1.165) is 25.7 Å². The van der Waals surface area contributed by atoms with Crippen LogP contribution in [0.15, 0.2) is 18.2 Å². The number of unbranched alkanes of at least 4 members (excludes halogenated alkanes) is 2. The van der Waals surface area contributed by atoms with Crippen LogP contribution in [0.25, 0.3) is 0 Å². The SMILES string of the molecule is CCCCC[C@H]1OC(C)(C)O[C@@H]1c1cc(OC)ccc1C(=O)O. The van der Waals surface area contributed by atoms with Crippen molar-refractivity contribution in [1.29, 1.82) is 0 Å². The summed E-state index contributed by atoms with van der Waals surface area (Å²) in [5.74, 6) is -1.07. The Bertz CT molecular complexity index is 552. The lowest BCUT2D eigenvalue weighted by Crippen LogP contribution is -2.21. The maximum Gasteiger partial charge on any atom is 0.336 e. The molecule has 0 amide bonds. The monoisotopic (exact) mass is 322 g/mol. The van der Waals surface area contributed by atoms with Gasteiger partial charge in [0.15, 0.2) is 5.79 Å². The van der Waals surface area contributed by atoms with Gasteiger partial charge in [-0.2, -0.15) is 0 Å². The van der Waals surface area contributed by atoms with Crippen LogP contribution in [-0.4, -0.2) is 30.1 Å². The molecule has 5 heteroatoms. The Kier molecular flexibility index (Phi) is 5.65. The molecule has 1 saturated heterocycles. The van der Waals surface area contributed by atoms with Gasteiger partial charge >= 0.3 is 5.97 Å². The maximum atomic E-state index is 11.6. The van der Waals surface area contributed by atoms with Gasteiger partial charge < -0.3 is 19.3 Å². The first kappa shape index (κ1) is 17.8. The minimum Gasteiger partial charge on any atom is -0.497 e. The predicted molar refractivity (Wildman–Crippen MR) is 86.9 cm³/mol. The third kappa shape index (κ3) is 4.24. The average Bonchev–Trinajstić information content (AvgIpc) is 2.81. The van der Waals surface area contributed by atoms with Crippen molar-refractivity contribution in [3.8, 4) is 5.75 Å². The number of carboxylic acid groups (broad SMARTS) is 1. The Morgan fingerprint density at radius 2 is 2.04 bits per heavy atom. The Morgan fingerprint density at radius 1 is 1.30 bits per heavy atom. The third-order valence-corrected chi connectivity index (χ3v) is 4.07. The fraction of sp³-hybridized carbons (Fsp3) is 0.611. The van der Waals surface area contributed by atoms with Crippen molar-refractivity contribution in [2.75, 3.05) is 7.11 Å². The van der Waals surface area contributed by atoms with E-state index in [2.05, 4.69) is 6.92 Å². The Labute approximate surface area is 137 Å². The third-order valence-electron chi connectivity index (χ3n) is 4.07. The topological polar surface area (TPSA) is 65.0 Å². The molecule has 1 aliphatic rings. The molecule has 0 spiro atoms. The largest absolute Gasteiger partial charge is 0.497 e. The second kappa shape index (κ2) is 7.32. The molecule has 1 aromatic carbocycles. The van der Waals surface area contributed by atoms with Gasteiger partial charge in [-0.3, -0.25) is 0 Å². The summed E-state index contributed by atoms with van der Waals surface area (Å²) >= 11 is 0. The van der Waals surface area contributed by atoms with Crippen LogP contribution in [0.4, 0.5) is 0 Å². The Morgan fingerprint density at radius 3 is 2.65 bits per heavy atom. The first-order valence-electron chi connectivity index (χ1n) is 8.15. The van der Waals surface area contributed by atoms with Crippen LogP contribution in [-0.2, 0) is 9.47 Å². The van der Waals surface area contributed by atoms with Crippen molar-refractivity contribution in [2.24, 2.45) is 0 Å². The van der Waals surface area contributed by atoms with Gasteiger partial charge in [0.05, 0.1) is 18.8 Å². The van der Waals surface area contributed by atoms with E-state index in [1.807, 2.05) is 13.8 Å². The fourth-order valence-electron chi connectivity index (χ4n) is 3.00. The summed E-state index contributed by atoms with van der Waals surface area (Å²) in [6.45, 7) is 5.87.